The summed E-state index contributed by atoms with van der Waals surface area (Å²) < 4.78 is 12.1. The highest BCUT2D eigenvalue weighted by atomic mass is 35.5. The lowest BCUT2D eigenvalue weighted by atomic mass is 10.1. The molecule has 0 aliphatic heterocycles. The summed E-state index contributed by atoms with van der Waals surface area (Å²) in [6, 6.07) is 4.84. The van der Waals surface area contributed by atoms with Crippen molar-refractivity contribution in [3.8, 4) is 5.75 Å². The van der Waals surface area contributed by atoms with Crippen LogP contribution in [0.5, 0.6) is 5.75 Å². The second-order valence-corrected chi connectivity index (χ2v) is 7.92. The molecule has 3 rings (SSSR count). The zero-order chi connectivity index (χ0) is 22.7. The number of anilines is 1. The number of rotatable bonds is 7. The zero-order valence-corrected chi connectivity index (χ0v) is 19.3. The van der Waals surface area contributed by atoms with Crippen molar-refractivity contribution < 1.29 is 19.1 Å². The molecule has 0 saturated carbocycles. The number of esters is 1. The molecule has 0 radical (unpaired) electrons. The van der Waals surface area contributed by atoms with Crippen molar-refractivity contribution in [2.45, 2.75) is 38.5 Å². The van der Waals surface area contributed by atoms with Gasteiger partial charge in [-0.2, -0.15) is 4.98 Å². The fourth-order valence-electron chi connectivity index (χ4n) is 2.98. The maximum absolute atomic E-state index is 12.5. The van der Waals surface area contributed by atoms with Crippen molar-refractivity contribution in [2.75, 3.05) is 18.7 Å². The standard InChI is InChI=1S/C20H22ClN5O4S/c1-10-14(11(2)26-19(22-10)24-20(25-26)31-5)9-17(27)30-12(3)18(28)23-15-8-13(21)6-7-16(15)29-4/h6-8,12H,9H2,1-5H3,(H,23,28). The van der Waals surface area contributed by atoms with E-state index in [1.807, 2.05) is 13.2 Å². The number of methoxy groups -OCH3 is 1. The van der Waals surface area contributed by atoms with E-state index in [4.69, 9.17) is 21.1 Å². The van der Waals surface area contributed by atoms with Crippen LogP contribution in [0.4, 0.5) is 5.69 Å². The molecule has 0 aliphatic carbocycles. The van der Waals surface area contributed by atoms with E-state index in [0.29, 0.717) is 38.7 Å². The molecule has 1 unspecified atom stereocenters. The third-order valence-corrected chi connectivity index (χ3v) is 5.40. The van der Waals surface area contributed by atoms with Crippen LogP contribution in [0, 0.1) is 13.8 Å². The molecule has 0 aliphatic rings. The molecular weight excluding hydrogens is 442 g/mol. The lowest BCUT2D eigenvalue weighted by Gasteiger charge is -2.16. The molecule has 0 saturated heterocycles. The van der Waals surface area contributed by atoms with Gasteiger partial charge >= 0.3 is 5.97 Å². The van der Waals surface area contributed by atoms with Gasteiger partial charge in [0.2, 0.25) is 5.16 Å². The van der Waals surface area contributed by atoms with E-state index in [9.17, 15) is 9.59 Å². The first kappa shape index (κ1) is 22.8. The maximum Gasteiger partial charge on any atom is 0.311 e. The number of benzene rings is 1. The van der Waals surface area contributed by atoms with Gasteiger partial charge in [0, 0.05) is 22.0 Å². The van der Waals surface area contributed by atoms with Gasteiger partial charge in [0.1, 0.15) is 5.75 Å². The second-order valence-electron chi connectivity index (χ2n) is 6.71. The summed E-state index contributed by atoms with van der Waals surface area (Å²) in [7, 11) is 1.48. The van der Waals surface area contributed by atoms with E-state index in [0.717, 1.165) is 5.69 Å². The van der Waals surface area contributed by atoms with Crippen molar-refractivity contribution in [1.82, 2.24) is 19.6 Å². The van der Waals surface area contributed by atoms with Crippen LogP contribution in [0.2, 0.25) is 5.02 Å². The second kappa shape index (κ2) is 9.52. The lowest BCUT2D eigenvalue weighted by molar-refractivity contribution is -0.152. The predicted octanol–water partition coefficient (Wildman–Crippen LogP) is 3.24. The third kappa shape index (κ3) is 5.08. The SMILES string of the molecule is COc1ccc(Cl)cc1NC(=O)C(C)OC(=O)Cc1c(C)nc2nc(SC)nn2c1C. The molecule has 164 valence electrons. The molecule has 0 fully saturated rings. The molecule has 1 N–H and O–H groups in total. The molecule has 11 heteroatoms. The number of nitrogens with zero attached hydrogens (tertiary/aromatic N) is 4. The van der Waals surface area contributed by atoms with Crippen LogP contribution in [0.1, 0.15) is 23.9 Å². The maximum atomic E-state index is 12.5. The van der Waals surface area contributed by atoms with Gasteiger partial charge < -0.3 is 14.8 Å². The quantitative estimate of drug-likeness (QED) is 0.420. The minimum Gasteiger partial charge on any atom is -0.495 e. The van der Waals surface area contributed by atoms with E-state index in [2.05, 4.69) is 20.4 Å². The first-order chi connectivity index (χ1) is 14.7. The van der Waals surface area contributed by atoms with Crippen molar-refractivity contribution in [3.05, 3.63) is 40.2 Å². The molecule has 1 aromatic carbocycles. The number of thioether (sulfide) groups is 1. The van der Waals surface area contributed by atoms with E-state index in [-0.39, 0.29) is 6.42 Å². The summed E-state index contributed by atoms with van der Waals surface area (Å²) in [4.78, 5) is 33.8. The molecule has 31 heavy (non-hydrogen) atoms. The predicted molar refractivity (Wildman–Crippen MR) is 118 cm³/mol. The number of nitrogens with one attached hydrogen (secondary N) is 1. The highest BCUT2D eigenvalue weighted by Gasteiger charge is 2.22. The number of hydrogen-bond acceptors (Lipinski definition) is 8. The number of aromatic nitrogens is 4. The highest BCUT2D eigenvalue weighted by molar-refractivity contribution is 7.98. The molecule has 3 aromatic rings. The van der Waals surface area contributed by atoms with Gasteiger partial charge in [-0.25, -0.2) is 9.50 Å². The Kier molecular flexibility index (Phi) is 7.01. The first-order valence-corrected chi connectivity index (χ1v) is 10.9. The molecular formula is C20H22ClN5O4S. The van der Waals surface area contributed by atoms with Crippen LogP contribution >= 0.6 is 23.4 Å². The van der Waals surface area contributed by atoms with Crippen LogP contribution in [0.3, 0.4) is 0 Å². The van der Waals surface area contributed by atoms with Gasteiger partial charge in [-0.15, -0.1) is 5.10 Å². The van der Waals surface area contributed by atoms with E-state index < -0.39 is 18.0 Å². The molecule has 0 spiro atoms. The van der Waals surface area contributed by atoms with Gasteiger partial charge in [-0.1, -0.05) is 23.4 Å². The number of carbonyl (C=O) groups is 2. The number of ether oxygens (including phenoxy) is 2. The van der Waals surface area contributed by atoms with Gasteiger partial charge in [-0.3, -0.25) is 9.59 Å². The molecule has 9 nitrogen and oxygen atoms in total. The summed E-state index contributed by atoms with van der Waals surface area (Å²) in [6.45, 7) is 5.13. The van der Waals surface area contributed by atoms with E-state index in [1.165, 1.54) is 25.8 Å². The monoisotopic (exact) mass is 463 g/mol. The Morgan fingerprint density at radius 1 is 1.29 bits per heavy atom. The Labute approximate surface area is 188 Å². The van der Waals surface area contributed by atoms with Crippen molar-refractivity contribution in [1.29, 1.82) is 0 Å². The van der Waals surface area contributed by atoms with Crippen LogP contribution in [0.25, 0.3) is 5.78 Å². The zero-order valence-electron chi connectivity index (χ0n) is 17.7. The smallest absolute Gasteiger partial charge is 0.311 e. The lowest BCUT2D eigenvalue weighted by Crippen LogP contribution is -2.31. The summed E-state index contributed by atoms with van der Waals surface area (Å²) in [5, 5.41) is 8.06. The Balaban J connectivity index is 1.70. The van der Waals surface area contributed by atoms with E-state index in [1.54, 1.807) is 29.6 Å². The highest BCUT2D eigenvalue weighted by Crippen LogP contribution is 2.28. The van der Waals surface area contributed by atoms with Gasteiger partial charge in [0.25, 0.3) is 11.7 Å². The summed E-state index contributed by atoms with van der Waals surface area (Å²) in [6.07, 6.45) is 0.802. The minimum atomic E-state index is -1.03. The Hall–Kier alpha value is -2.85. The Morgan fingerprint density at radius 3 is 2.71 bits per heavy atom. The average Bonchev–Trinajstić information content (AvgIpc) is 3.14. The minimum absolute atomic E-state index is 0.0484. The summed E-state index contributed by atoms with van der Waals surface area (Å²) >= 11 is 7.39. The van der Waals surface area contributed by atoms with Crippen LogP contribution in [-0.2, 0) is 20.7 Å². The number of amides is 1. The first-order valence-electron chi connectivity index (χ1n) is 9.34. The van der Waals surface area contributed by atoms with Gasteiger partial charge in [0.05, 0.1) is 19.2 Å². The van der Waals surface area contributed by atoms with Crippen molar-refractivity contribution in [2.24, 2.45) is 0 Å². The number of fused-ring (bicyclic) bond motifs is 1. The van der Waals surface area contributed by atoms with Crippen LogP contribution in [-0.4, -0.2) is 50.9 Å². The van der Waals surface area contributed by atoms with Gasteiger partial charge in [-0.05, 0) is 45.2 Å². The van der Waals surface area contributed by atoms with Crippen LogP contribution < -0.4 is 10.1 Å². The topological polar surface area (TPSA) is 108 Å². The van der Waals surface area contributed by atoms with Gasteiger partial charge in [0.15, 0.2) is 6.10 Å². The summed E-state index contributed by atoms with van der Waals surface area (Å²) in [5.74, 6) is -0.144. The molecule has 1 atom stereocenters. The van der Waals surface area contributed by atoms with E-state index >= 15 is 0 Å². The molecule has 2 heterocycles. The number of hydrogen-bond donors (Lipinski definition) is 1. The Bertz CT molecular complexity index is 1150. The largest absolute Gasteiger partial charge is 0.495 e. The molecule has 0 bridgehead atoms. The van der Waals surface area contributed by atoms with Crippen molar-refractivity contribution in [3.63, 3.8) is 0 Å². The molecule has 1 amide bonds. The number of halogens is 1. The van der Waals surface area contributed by atoms with Crippen molar-refractivity contribution >= 4 is 46.7 Å². The number of aryl methyl sites for hydroxylation is 2. The Morgan fingerprint density at radius 2 is 2.03 bits per heavy atom. The molecule has 2 aromatic heterocycles. The fourth-order valence-corrected chi connectivity index (χ4v) is 3.49. The summed E-state index contributed by atoms with van der Waals surface area (Å²) in [5.41, 5.74) is 2.47. The normalized spacial score (nSPS) is 11.9. The fraction of sp³-hybridized carbons (Fsp3) is 0.350. The average molecular weight is 464 g/mol. The van der Waals surface area contributed by atoms with Crippen LogP contribution in [0.15, 0.2) is 23.4 Å². The number of carbonyl (C=O) groups excluding carboxylic acids is 2. The third-order valence-electron chi connectivity index (χ3n) is 4.63.